The molecular weight excluding hydrogens is 420 g/mol. The molecule has 4 nitrogen and oxygen atoms in total. The predicted molar refractivity (Wildman–Crippen MR) is 141 cm³/mol. The van der Waals surface area contributed by atoms with Gasteiger partial charge in [-0.15, -0.1) is 0 Å². The molecule has 0 saturated carbocycles. The number of rotatable bonds is 8. The second-order valence-electron chi connectivity index (χ2n) is 9.49. The fourth-order valence-electron chi connectivity index (χ4n) is 4.86. The van der Waals surface area contributed by atoms with E-state index in [2.05, 4.69) is 84.3 Å². The molecule has 0 amide bonds. The minimum absolute atomic E-state index is 0.176. The number of hydrogen-bond acceptors (Lipinski definition) is 4. The zero-order chi connectivity index (χ0) is 24.1. The van der Waals surface area contributed by atoms with Crippen LogP contribution in [0.5, 0.6) is 0 Å². The Morgan fingerprint density at radius 2 is 1.44 bits per heavy atom. The number of ether oxygens (including phenoxy) is 1. The minimum atomic E-state index is -0.573. The number of aryl methyl sites for hydroxylation is 1. The predicted octanol–water partition coefficient (Wildman–Crippen LogP) is 5.63. The Hall–Kier alpha value is -2.95. The molecule has 1 atom stereocenters. The van der Waals surface area contributed by atoms with Crippen molar-refractivity contribution in [3.8, 4) is 11.1 Å². The van der Waals surface area contributed by atoms with Gasteiger partial charge in [-0.05, 0) is 62.7 Å². The monoisotopic (exact) mass is 456 g/mol. The molecule has 4 heteroatoms. The third kappa shape index (κ3) is 5.08. The van der Waals surface area contributed by atoms with Gasteiger partial charge in [-0.3, -0.25) is 9.69 Å². The number of likely N-dealkylation sites (N-methyl/N-ethyl adjacent to an activating group) is 1. The van der Waals surface area contributed by atoms with Gasteiger partial charge in [-0.1, -0.05) is 73.2 Å². The Labute approximate surface area is 204 Å². The summed E-state index contributed by atoms with van der Waals surface area (Å²) >= 11 is 0. The van der Waals surface area contributed by atoms with Crippen LogP contribution in [0.4, 0.5) is 5.69 Å². The highest BCUT2D eigenvalue weighted by Crippen LogP contribution is 2.30. The van der Waals surface area contributed by atoms with Gasteiger partial charge in [0.2, 0.25) is 0 Å². The van der Waals surface area contributed by atoms with Crippen molar-refractivity contribution in [1.82, 2.24) is 4.90 Å². The fourth-order valence-corrected chi connectivity index (χ4v) is 4.86. The third-order valence-corrected chi connectivity index (χ3v) is 7.20. The molecule has 4 rings (SSSR count). The Bertz CT molecular complexity index is 1080. The topological polar surface area (TPSA) is 32.8 Å². The van der Waals surface area contributed by atoms with Crippen molar-refractivity contribution in [2.75, 3.05) is 45.3 Å². The summed E-state index contributed by atoms with van der Waals surface area (Å²) in [6.07, 6.45) is 1.44. The van der Waals surface area contributed by atoms with E-state index in [1.54, 1.807) is 0 Å². The number of Topliss-reactive ketones (excluding diaryl/α,β-unsaturated/α-hetero) is 1. The summed E-state index contributed by atoms with van der Waals surface area (Å²) in [5.41, 5.74) is 6.11. The first-order chi connectivity index (χ1) is 16.4. The van der Waals surface area contributed by atoms with Crippen LogP contribution < -0.4 is 4.90 Å². The van der Waals surface area contributed by atoms with E-state index in [0.717, 1.165) is 49.4 Å². The quantitative estimate of drug-likeness (QED) is 0.411. The van der Waals surface area contributed by atoms with Gasteiger partial charge in [-0.2, -0.15) is 0 Å². The number of benzene rings is 3. The Balaban J connectivity index is 1.54. The molecule has 0 aliphatic carbocycles. The molecule has 0 spiro atoms. The van der Waals surface area contributed by atoms with Crippen LogP contribution in [0.2, 0.25) is 0 Å². The maximum Gasteiger partial charge on any atom is 0.183 e. The van der Waals surface area contributed by atoms with E-state index in [1.807, 2.05) is 26.2 Å². The second-order valence-corrected chi connectivity index (χ2v) is 9.49. The van der Waals surface area contributed by atoms with E-state index in [9.17, 15) is 4.79 Å². The van der Waals surface area contributed by atoms with Gasteiger partial charge in [0.25, 0.3) is 0 Å². The largest absolute Gasteiger partial charge is 0.378 e. The molecule has 0 aromatic heterocycles. The highest BCUT2D eigenvalue weighted by atomic mass is 16.5. The first kappa shape index (κ1) is 24.2. The molecule has 3 aromatic carbocycles. The van der Waals surface area contributed by atoms with E-state index in [0.29, 0.717) is 6.42 Å². The van der Waals surface area contributed by atoms with Gasteiger partial charge >= 0.3 is 0 Å². The first-order valence-corrected chi connectivity index (χ1v) is 12.2. The van der Waals surface area contributed by atoms with Crippen LogP contribution in [0.15, 0.2) is 72.8 Å². The third-order valence-electron chi connectivity index (χ3n) is 7.20. The Morgan fingerprint density at radius 1 is 0.882 bits per heavy atom. The van der Waals surface area contributed by atoms with E-state index in [-0.39, 0.29) is 5.78 Å². The lowest BCUT2D eigenvalue weighted by Gasteiger charge is -2.38. The Kier molecular flexibility index (Phi) is 7.50. The molecule has 0 bridgehead atoms. The number of hydrogen-bond donors (Lipinski definition) is 0. The highest BCUT2D eigenvalue weighted by molar-refractivity contribution is 6.03. The molecule has 0 N–H and O–H groups in total. The van der Waals surface area contributed by atoms with Crippen molar-refractivity contribution < 1.29 is 9.53 Å². The van der Waals surface area contributed by atoms with Gasteiger partial charge in [0.05, 0.1) is 18.8 Å². The van der Waals surface area contributed by atoms with Crippen molar-refractivity contribution in [3.63, 3.8) is 0 Å². The van der Waals surface area contributed by atoms with Crippen LogP contribution in [0, 0.1) is 6.92 Å². The molecule has 1 unspecified atom stereocenters. The summed E-state index contributed by atoms with van der Waals surface area (Å²) in [5.74, 6) is 0.176. The molecule has 1 aliphatic rings. The average molecular weight is 457 g/mol. The number of carbonyl (C=O) groups excluding carboxylic acids is 1. The van der Waals surface area contributed by atoms with Gasteiger partial charge in [0, 0.05) is 24.3 Å². The second kappa shape index (κ2) is 10.5. The lowest BCUT2D eigenvalue weighted by Crippen LogP contribution is -2.52. The first-order valence-electron chi connectivity index (χ1n) is 12.2. The number of morpholine rings is 1. The summed E-state index contributed by atoms with van der Waals surface area (Å²) in [6, 6.07) is 25.3. The molecule has 0 radical (unpaired) electrons. The summed E-state index contributed by atoms with van der Waals surface area (Å²) < 4.78 is 5.46. The highest BCUT2D eigenvalue weighted by Gasteiger charge is 2.39. The normalized spacial score (nSPS) is 15.9. The van der Waals surface area contributed by atoms with Crippen LogP contribution in [0.1, 0.15) is 34.8 Å². The van der Waals surface area contributed by atoms with E-state index in [1.165, 1.54) is 16.8 Å². The summed E-state index contributed by atoms with van der Waals surface area (Å²) in [6.45, 7) is 7.64. The summed E-state index contributed by atoms with van der Waals surface area (Å²) in [4.78, 5) is 18.3. The maximum atomic E-state index is 13.8. The number of carbonyl (C=O) groups is 1. The van der Waals surface area contributed by atoms with Gasteiger partial charge in [0.15, 0.2) is 5.78 Å². The smallest absolute Gasteiger partial charge is 0.183 e. The van der Waals surface area contributed by atoms with Gasteiger partial charge in [0.1, 0.15) is 0 Å². The summed E-state index contributed by atoms with van der Waals surface area (Å²) in [5, 5.41) is 0. The molecule has 1 fully saturated rings. The van der Waals surface area contributed by atoms with Crippen LogP contribution >= 0.6 is 0 Å². The number of nitrogens with zero attached hydrogens (tertiary/aromatic N) is 2. The molecule has 1 aliphatic heterocycles. The van der Waals surface area contributed by atoms with Crippen molar-refractivity contribution in [2.45, 2.75) is 32.2 Å². The van der Waals surface area contributed by atoms with Crippen LogP contribution in [-0.2, 0) is 11.2 Å². The van der Waals surface area contributed by atoms with Crippen molar-refractivity contribution in [2.24, 2.45) is 0 Å². The van der Waals surface area contributed by atoms with E-state index in [4.69, 9.17) is 4.74 Å². The van der Waals surface area contributed by atoms with Crippen molar-refractivity contribution >= 4 is 11.5 Å². The average Bonchev–Trinajstić information content (AvgIpc) is 2.88. The molecule has 1 saturated heterocycles. The van der Waals surface area contributed by atoms with Crippen molar-refractivity contribution in [1.29, 1.82) is 0 Å². The lowest BCUT2D eigenvalue weighted by atomic mass is 9.80. The maximum absolute atomic E-state index is 13.8. The van der Waals surface area contributed by atoms with Crippen LogP contribution in [0.3, 0.4) is 0 Å². The molecular formula is C30H36N2O2. The molecule has 178 valence electrons. The Morgan fingerprint density at radius 3 is 1.97 bits per heavy atom. The zero-order valence-corrected chi connectivity index (χ0v) is 20.9. The molecule has 3 aromatic rings. The SMILES string of the molecule is CCC(Cc1ccc(C)cc1)(C(=O)c1ccc(-c2ccc(N3CCOCC3)cc2)cc1)N(C)C. The number of anilines is 1. The number of ketones is 1. The molecule has 1 heterocycles. The van der Waals surface area contributed by atoms with Crippen LogP contribution in [0.25, 0.3) is 11.1 Å². The van der Waals surface area contributed by atoms with Crippen molar-refractivity contribution in [3.05, 3.63) is 89.5 Å². The van der Waals surface area contributed by atoms with E-state index < -0.39 is 5.54 Å². The standard InChI is InChI=1S/C30H36N2O2/c1-5-30(31(3)4,22-24-8-6-23(2)7-9-24)29(33)27-12-10-25(11-13-27)26-14-16-28(17-15-26)32-18-20-34-21-19-32/h6-17H,5,18-22H2,1-4H3. The fraction of sp³-hybridized carbons (Fsp3) is 0.367. The zero-order valence-electron chi connectivity index (χ0n) is 20.9. The van der Waals surface area contributed by atoms with Gasteiger partial charge < -0.3 is 9.64 Å². The van der Waals surface area contributed by atoms with E-state index >= 15 is 0 Å². The van der Waals surface area contributed by atoms with Gasteiger partial charge in [-0.25, -0.2) is 0 Å². The molecule has 34 heavy (non-hydrogen) atoms. The lowest BCUT2D eigenvalue weighted by molar-refractivity contribution is 0.0666. The summed E-state index contributed by atoms with van der Waals surface area (Å²) in [7, 11) is 4.03. The van der Waals surface area contributed by atoms with Crippen LogP contribution in [-0.4, -0.2) is 56.6 Å². The minimum Gasteiger partial charge on any atom is -0.378 e.